The summed E-state index contributed by atoms with van der Waals surface area (Å²) in [7, 11) is 1.63. The van der Waals surface area contributed by atoms with Gasteiger partial charge in [-0.15, -0.1) is 0 Å². The number of hydrogen-bond donors (Lipinski definition) is 0. The van der Waals surface area contributed by atoms with Crippen LogP contribution in [0.25, 0.3) is 0 Å². The summed E-state index contributed by atoms with van der Waals surface area (Å²) in [4.78, 5) is 12.7. The number of hydrogen-bond acceptors (Lipinski definition) is 3. The van der Waals surface area contributed by atoms with Gasteiger partial charge < -0.3 is 4.74 Å². The van der Waals surface area contributed by atoms with Crippen molar-refractivity contribution in [3.63, 3.8) is 0 Å². The number of piperidine rings is 1. The van der Waals surface area contributed by atoms with Gasteiger partial charge in [0.2, 0.25) is 5.91 Å². The zero-order valence-electron chi connectivity index (χ0n) is 13.1. The van der Waals surface area contributed by atoms with Crippen molar-refractivity contribution in [2.45, 2.75) is 32.1 Å². The average molecular weight is 323 g/mol. The summed E-state index contributed by atoms with van der Waals surface area (Å²) >= 11 is 6.30. The lowest BCUT2D eigenvalue weighted by atomic mass is 9.98. The number of rotatable bonds is 4. The third-order valence-electron chi connectivity index (χ3n) is 4.69. The van der Waals surface area contributed by atoms with E-state index < -0.39 is 0 Å². The SMILES string of the molecule is COc1ccc(CC2CCN(N3CCCCC3)C2=O)c(Cl)c1. The molecule has 2 saturated heterocycles. The Bertz CT molecular complexity index is 543. The molecule has 2 fully saturated rings. The smallest absolute Gasteiger partial charge is 0.240 e. The lowest BCUT2D eigenvalue weighted by Gasteiger charge is -2.34. The van der Waals surface area contributed by atoms with Crippen molar-refractivity contribution in [2.24, 2.45) is 5.92 Å². The number of ether oxygens (including phenoxy) is 1. The highest BCUT2D eigenvalue weighted by Gasteiger charge is 2.35. The normalized spacial score (nSPS) is 23.1. The molecule has 1 aromatic rings. The molecule has 1 atom stereocenters. The molecule has 5 heteroatoms. The molecule has 120 valence electrons. The van der Waals surface area contributed by atoms with Crippen LogP contribution in [0.3, 0.4) is 0 Å². The second kappa shape index (κ2) is 6.88. The Labute approximate surface area is 137 Å². The van der Waals surface area contributed by atoms with E-state index in [1.165, 1.54) is 19.3 Å². The van der Waals surface area contributed by atoms with Crippen LogP contribution in [0.2, 0.25) is 5.02 Å². The molecule has 2 aliphatic heterocycles. The van der Waals surface area contributed by atoms with Gasteiger partial charge in [-0.1, -0.05) is 24.1 Å². The van der Waals surface area contributed by atoms with Crippen LogP contribution in [0, 0.1) is 5.92 Å². The largest absolute Gasteiger partial charge is 0.497 e. The number of carbonyl (C=O) groups excluding carboxylic acids is 1. The van der Waals surface area contributed by atoms with Gasteiger partial charge in [-0.25, -0.2) is 5.01 Å². The van der Waals surface area contributed by atoms with Crippen LogP contribution in [0.5, 0.6) is 5.75 Å². The van der Waals surface area contributed by atoms with Crippen molar-refractivity contribution in [1.29, 1.82) is 0 Å². The summed E-state index contributed by atoms with van der Waals surface area (Å²) in [5.74, 6) is 1.06. The molecule has 3 rings (SSSR count). The first kappa shape index (κ1) is 15.6. The topological polar surface area (TPSA) is 32.8 Å². The molecule has 0 aromatic heterocycles. The van der Waals surface area contributed by atoms with Gasteiger partial charge in [-0.05, 0) is 43.4 Å². The molecule has 22 heavy (non-hydrogen) atoms. The van der Waals surface area contributed by atoms with E-state index in [9.17, 15) is 4.79 Å². The number of benzene rings is 1. The molecule has 2 heterocycles. The summed E-state index contributed by atoms with van der Waals surface area (Å²) in [6.45, 7) is 2.88. The van der Waals surface area contributed by atoms with E-state index in [1.807, 2.05) is 23.2 Å². The minimum atomic E-state index is 0.0489. The van der Waals surface area contributed by atoms with Crippen LogP contribution in [-0.4, -0.2) is 42.7 Å². The van der Waals surface area contributed by atoms with Crippen LogP contribution in [0.1, 0.15) is 31.2 Å². The van der Waals surface area contributed by atoms with Gasteiger partial charge in [0.05, 0.1) is 7.11 Å². The number of methoxy groups -OCH3 is 1. The third-order valence-corrected chi connectivity index (χ3v) is 5.05. The van der Waals surface area contributed by atoms with Crippen LogP contribution in [0.15, 0.2) is 18.2 Å². The van der Waals surface area contributed by atoms with E-state index in [-0.39, 0.29) is 11.8 Å². The fourth-order valence-electron chi connectivity index (χ4n) is 3.40. The minimum Gasteiger partial charge on any atom is -0.497 e. The van der Waals surface area contributed by atoms with E-state index >= 15 is 0 Å². The van der Waals surface area contributed by atoms with E-state index in [0.717, 1.165) is 37.4 Å². The van der Waals surface area contributed by atoms with Crippen LogP contribution >= 0.6 is 11.6 Å². The van der Waals surface area contributed by atoms with Crippen LogP contribution in [0.4, 0.5) is 0 Å². The highest BCUT2D eigenvalue weighted by molar-refractivity contribution is 6.31. The van der Waals surface area contributed by atoms with Crippen molar-refractivity contribution in [1.82, 2.24) is 10.0 Å². The molecule has 0 spiro atoms. The molecule has 1 amide bonds. The Balaban J connectivity index is 1.65. The lowest BCUT2D eigenvalue weighted by Crippen LogP contribution is -2.47. The molecule has 0 radical (unpaired) electrons. The summed E-state index contributed by atoms with van der Waals surface area (Å²) in [5.41, 5.74) is 1.03. The second-order valence-corrected chi connectivity index (χ2v) is 6.53. The maximum atomic E-state index is 12.7. The van der Waals surface area contributed by atoms with E-state index in [1.54, 1.807) is 7.11 Å². The van der Waals surface area contributed by atoms with Gasteiger partial charge in [0.15, 0.2) is 0 Å². The van der Waals surface area contributed by atoms with Crippen molar-refractivity contribution in [3.05, 3.63) is 28.8 Å². The minimum absolute atomic E-state index is 0.0489. The van der Waals surface area contributed by atoms with Gasteiger partial charge >= 0.3 is 0 Å². The molecule has 2 aliphatic rings. The summed E-state index contributed by atoms with van der Waals surface area (Å²) < 4.78 is 5.17. The summed E-state index contributed by atoms with van der Waals surface area (Å²) in [5, 5.41) is 4.89. The van der Waals surface area contributed by atoms with Gasteiger partial charge in [0, 0.05) is 30.6 Å². The Morgan fingerprint density at radius 1 is 1.23 bits per heavy atom. The maximum absolute atomic E-state index is 12.7. The number of nitrogens with zero attached hydrogens (tertiary/aromatic N) is 2. The summed E-state index contributed by atoms with van der Waals surface area (Å²) in [6.07, 6.45) is 5.30. The van der Waals surface area contributed by atoms with Crippen molar-refractivity contribution in [3.8, 4) is 5.75 Å². The first-order valence-corrected chi connectivity index (χ1v) is 8.45. The lowest BCUT2D eigenvalue weighted by molar-refractivity contribution is -0.147. The molecule has 0 aliphatic carbocycles. The Kier molecular flexibility index (Phi) is 4.89. The van der Waals surface area contributed by atoms with Crippen LogP contribution < -0.4 is 4.74 Å². The first-order valence-electron chi connectivity index (χ1n) is 8.07. The van der Waals surface area contributed by atoms with Gasteiger partial charge in [0.25, 0.3) is 0 Å². The highest BCUT2D eigenvalue weighted by atomic mass is 35.5. The first-order chi connectivity index (χ1) is 10.7. The Morgan fingerprint density at radius 2 is 2.00 bits per heavy atom. The predicted octanol–water partition coefficient (Wildman–Crippen LogP) is 3.14. The number of carbonyl (C=O) groups is 1. The van der Waals surface area contributed by atoms with E-state index in [0.29, 0.717) is 11.4 Å². The van der Waals surface area contributed by atoms with E-state index in [2.05, 4.69) is 5.01 Å². The quantitative estimate of drug-likeness (QED) is 0.853. The molecule has 0 saturated carbocycles. The van der Waals surface area contributed by atoms with Crippen molar-refractivity contribution in [2.75, 3.05) is 26.7 Å². The van der Waals surface area contributed by atoms with Crippen LogP contribution in [-0.2, 0) is 11.2 Å². The van der Waals surface area contributed by atoms with E-state index in [4.69, 9.17) is 16.3 Å². The maximum Gasteiger partial charge on any atom is 0.240 e. The third kappa shape index (κ3) is 3.23. The number of amides is 1. The fourth-order valence-corrected chi connectivity index (χ4v) is 3.65. The molecule has 4 nitrogen and oxygen atoms in total. The zero-order valence-corrected chi connectivity index (χ0v) is 13.8. The standard InChI is InChI=1S/C17H23ClN2O2/c1-22-15-6-5-13(16(18)12-15)11-14-7-10-20(17(14)21)19-8-3-2-4-9-19/h5-6,12,14H,2-4,7-11H2,1H3. The predicted molar refractivity (Wildman–Crippen MR) is 87.0 cm³/mol. The molecule has 0 bridgehead atoms. The summed E-state index contributed by atoms with van der Waals surface area (Å²) in [6, 6.07) is 5.69. The highest BCUT2D eigenvalue weighted by Crippen LogP contribution is 2.29. The van der Waals surface area contributed by atoms with Crippen molar-refractivity contribution >= 4 is 17.5 Å². The number of halogens is 1. The zero-order chi connectivity index (χ0) is 15.5. The monoisotopic (exact) mass is 322 g/mol. The van der Waals surface area contributed by atoms with Gasteiger partial charge in [0.1, 0.15) is 5.75 Å². The van der Waals surface area contributed by atoms with Gasteiger partial charge in [-0.3, -0.25) is 9.80 Å². The Morgan fingerprint density at radius 3 is 2.68 bits per heavy atom. The van der Waals surface area contributed by atoms with Gasteiger partial charge in [-0.2, -0.15) is 0 Å². The second-order valence-electron chi connectivity index (χ2n) is 6.12. The van der Waals surface area contributed by atoms with Crippen molar-refractivity contribution < 1.29 is 9.53 Å². The molecule has 0 N–H and O–H groups in total. The molecule has 1 aromatic carbocycles. The molecule has 1 unspecified atom stereocenters. The average Bonchev–Trinajstić information content (AvgIpc) is 2.91. The Hall–Kier alpha value is -1.26. The molecular weight excluding hydrogens is 300 g/mol. The molecular formula is C17H23ClN2O2. The fraction of sp³-hybridized carbons (Fsp3) is 0.588. The number of hydrazine groups is 1.